The highest BCUT2D eigenvalue weighted by Gasteiger charge is 1.98. The number of hydrogen-bond acceptors (Lipinski definition) is 3. The van der Waals surface area contributed by atoms with E-state index in [2.05, 4.69) is 10.3 Å². The van der Waals surface area contributed by atoms with Gasteiger partial charge < -0.3 is 10.1 Å². The molecule has 0 aromatic carbocycles. The van der Waals surface area contributed by atoms with E-state index in [1.54, 1.807) is 19.3 Å². The molecule has 0 aliphatic heterocycles. The number of amides is 1. The second-order valence-corrected chi connectivity index (χ2v) is 2.43. The van der Waals surface area contributed by atoms with Gasteiger partial charge in [-0.1, -0.05) is 0 Å². The maximum atomic E-state index is 10.9. The molecule has 0 aliphatic carbocycles. The van der Waals surface area contributed by atoms with Crippen molar-refractivity contribution in [3.05, 3.63) is 30.1 Å². The van der Waals surface area contributed by atoms with Crippen molar-refractivity contribution < 1.29 is 9.53 Å². The first-order valence-corrected chi connectivity index (χ1v) is 4.12. The van der Waals surface area contributed by atoms with E-state index >= 15 is 0 Å². The number of rotatable bonds is 3. The van der Waals surface area contributed by atoms with Gasteiger partial charge in [0.25, 0.3) is 0 Å². The van der Waals surface area contributed by atoms with Crippen LogP contribution in [0.15, 0.2) is 24.5 Å². The van der Waals surface area contributed by atoms with Crippen molar-refractivity contribution in [1.29, 1.82) is 0 Å². The second kappa shape index (κ2) is 5.13. The smallest absolute Gasteiger partial charge is 0.407 e. The van der Waals surface area contributed by atoms with Crippen LogP contribution in [0.3, 0.4) is 0 Å². The molecule has 4 nitrogen and oxygen atoms in total. The molecule has 1 amide bonds. The van der Waals surface area contributed by atoms with Gasteiger partial charge in [0.1, 0.15) is 0 Å². The minimum Gasteiger partial charge on any atom is -0.450 e. The molecule has 0 saturated heterocycles. The molecule has 1 rings (SSSR count). The molecule has 1 aromatic heterocycles. The first-order valence-electron chi connectivity index (χ1n) is 4.12. The summed E-state index contributed by atoms with van der Waals surface area (Å²) in [5, 5.41) is 2.61. The molecule has 0 bridgehead atoms. The molecule has 0 radical (unpaired) electrons. The Morgan fingerprint density at radius 3 is 2.85 bits per heavy atom. The Morgan fingerprint density at radius 1 is 1.54 bits per heavy atom. The fourth-order valence-corrected chi connectivity index (χ4v) is 0.857. The molecular formula is C9H12N2O2. The molecule has 70 valence electrons. The summed E-state index contributed by atoms with van der Waals surface area (Å²) in [6.45, 7) is 2.63. The van der Waals surface area contributed by atoms with Crippen LogP contribution in [0.5, 0.6) is 0 Å². The van der Waals surface area contributed by atoms with E-state index in [4.69, 9.17) is 4.74 Å². The fraction of sp³-hybridized carbons (Fsp3) is 0.333. The van der Waals surface area contributed by atoms with Gasteiger partial charge in [-0.2, -0.15) is 0 Å². The van der Waals surface area contributed by atoms with Gasteiger partial charge in [0.2, 0.25) is 0 Å². The van der Waals surface area contributed by atoms with Crippen LogP contribution >= 0.6 is 0 Å². The molecule has 4 heteroatoms. The number of alkyl carbamates (subject to hydrolysis) is 1. The van der Waals surface area contributed by atoms with Crippen LogP contribution in [0.2, 0.25) is 0 Å². The predicted molar refractivity (Wildman–Crippen MR) is 48.1 cm³/mol. The normalized spacial score (nSPS) is 9.31. The van der Waals surface area contributed by atoms with Crippen molar-refractivity contribution in [1.82, 2.24) is 10.3 Å². The van der Waals surface area contributed by atoms with E-state index in [-0.39, 0.29) is 6.09 Å². The number of hydrogen-bond donors (Lipinski definition) is 1. The molecule has 1 N–H and O–H groups in total. The van der Waals surface area contributed by atoms with E-state index < -0.39 is 0 Å². The summed E-state index contributed by atoms with van der Waals surface area (Å²) in [5.41, 5.74) is 1.00. The van der Waals surface area contributed by atoms with Crippen LogP contribution in [-0.2, 0) is 11.3 Å². The zero-order valence-corrected chi connectivity index (χ0v) is 7.49. The highest BCUT2D eigenvalue weighted by Crippen LogP contribution is 1.94. The largest absolute Gasteiger partial charge is 0.450 e. The number of aromatic nitrogens is 1. The van der Waals surface area contributed by atoms with Crippen LogP contribution in [0, 0.1) is 0 Å². The number of carbonyl (C=O) groups excluding carboxylic acids is 1. The number of pyridine rings is 1. The molecule has 1 heterocycles. The predicted octanol–water partition coefficient (Wildman–Crippen LogP) is 1.33. The van der Waals surface area contributed by atoms with Gasteiger partial charge in [0, 0.05) is 18.9 Å². The van der Waals surface area contributed by atoms with Crippen molar-refractivity contribution in [3.8, 4) is 0 Å². The summed E-state index contributed by atoms with van der Waals surface area (Å²) in [7, 11) is 0. The highest BCUT2D eigenvalue weighted by atomic mass is 16.5. The molecule has 0 fully saturated rings. The first kappa shape index (κ1) is 9.51. The van der Waals surface area contributed by atoms with Crippen molar-refractivity contribution in [2.75, 3.05) is 6.61 Å². The standard InChI is InChI=1S/C9H12N2O2/c1-2-13-9(12)11-7-8-3-5-10-6-4-8/h3-6H,2,7H2,1H3,(H,11,12). The summed E-state index contributed by atoms with van der Waals surface area (Å²) in [6, 6.07) is 3.68. The van der Waals surface area contributed by atoms with Crippen molar-refractivity contribution in [3.63, 3.8) is 0 Å². The van der Waals surface area contributed by atoms with Crippen molar-refractivity contribution in [2.45, 2.75) is 13.5 Å². The summed E-state index contributed by atoms with van der Waals surface area (Å²) < 4.78 is 4.70. The third-order valence-corrected chi connectivity index (χ3v) is 1.46. The van der Waals surface area contributed by atoms with Crippen LogP contribution < -0.4 is 5.32 Å². The Hall–Kier alpha value is -1.58. The Labute approximate surface area is 76.9 Å². The molecule has 0 spiro atoms. The zero-order valence-electron chi connectivity index (χ0n) is 7.49. The lowest BCUT2D eigenvalue weighted by molar-refractivity contribution is 0.151. The summed E-state index contributed by atoms with van der Waals surface area (Å²) >= 11 is 0. The van der Waals surface area contributed by atoms with Crippen molar-refractivity contribution in [2.24, 2.45) is 0 Å². The maximum absolute atomic E-state index is 10.9. The SMILES string of the molecule is CCOC(=O)NCc1ccncc1. The van der Waals surface area contributed by atoms with Crippen LogP contribution in [-0.4, -0.2) is 17.7 Å². The maximum Gasteiger partial charge on any atom is 0.407 e. The van der Waals surface area contributed by atoms with Crippen LogP contribution in [0.4, 0.5) is 4.79 Å². The third-order valence-electron chi connectivity index (χ3n) is 1.46. The average molecular weight is 180 g/mol. The van der Waals surface area contributed by atoms with Crippen LogP contribution in [0.25, 0.3) is 0 Å². The summed E-state index contributed by atoms with van der Waals surface area (Å²) in [6.07, 6.45) is 2.98. The molecular weight excluding hydrogens is 168 g/mol. The summed E-state index contributed by atoms with van der Waals surface area (Å²) in [4.78, 5) is 14.7. The lowest BCUT2D eigenvalue weighted by Gasteiger charge is -2.04. The molecule has 1 aromatic rings. The highest BCUT2D eigenvalue weighted by molar-refractivity contribution is 5.67. The zero-order chi connectivity index (χ0) is 9.52. The monoisotopic (exact) mass is 180 g/mol. The van der Waals surface area contributed by atoms with E-state index in [9.17, 15) is 4.79 Å². The number of ether oxygens (including phenoxy) is 1. The lowest BCUT2D eigenvalue weighted by Crippen LogP contribution is -2.23. The van der Waals surface area contributed by atoms with Crippen LogP contribution in [0.1, 0.15) is 12.5 Å². The van der Waals surface area contributed by atoms with Gasteiger partial charge in [-0.05, 0) is 24.6 Å². The van der Waals surface area contributed by atoms with E-state index in [1.165, 1.54) is 0 Å². The lowest BCUT2D eigenvalue weighted by atomic mass is 10.3. The van der Waals surface area contributed by atoms with E-state index in [0.29, 0.717) is 13.2 Å². The quantitative estimate of drug-likeness (QED) is 0.763. The molecule has 0 unspecified atom stereocenters. The number of nitrogens with one attached hydrogen (secondary N) is 1. The van der Waals surface area contributed by atoms with E-state index in [0.717, 1.165) is 5.56 Å². The minimum atomic E-state index is -0.390. The fourth-order valence-electron chi connectivity index (χ4n) is 0.857. The van der Waals surface area contributed by atoms with Crippen molar-refractivity contribution >= 4 is 6.09 Å². The van der Waals surface area contributed by atoms with Gasteiger partial charge in [0.15, 0.2) is 0 Å². The Kier molecular flexibility index (Phi) is 3.75. The Morgan fingerprint density at radius 2 is 2.23 bits per heavy atom. The Bertz CT molecular complexity index is 262. The number of carbonyl (C=O) groups is 1. The minimum absolute atomic E-state index is 0.390. The topological polar surface area (TPSA) is 51.2 Å². The second-order valence-electron chi connectivity index (χ2n) is 2.43. The molecule has 13 heavy (non-hydrogen) atoms. The van der Waals surface area contributed by atoms with Gasteiger partial charge in [0.05, 0.1) is 6.61 Å². The Balaban J connectivity index is 2.31. The average Bonchev–Trinajstić information content (AvgIpc) is 2.17. The van der Waals surface area contributed by atoms with E-state index in [1.807, 2.05) is 12.1 Å². The van der Waals surface area contributed by atoms with Gasteiger partial charge >= 0.3 is 6.09 Å². The number of nitrogens with zero attached hydrogens (tertiary/aromatic N) is 1. The van der Waals surface area contributed by atoms with Gasteiger partial charge in [-0.3, -0.25) is 4.98 Å². The molecule has 0 aliphatic rings. The van der Waals surface area contributed by atoms with Gasteiger partial charge in [-0.25, -0.2) is 4.79 Å². The first-order chi connectivity index (χ1) is 6.33. The third kappa shape index (κ3) is 3.55. The summed E-state index contributed by atoms with van der Waals surface area (Å²) in [5.74, 6) is 0. The molecule has 0 saturated carbocycles. The molecule has 0 atom stereocenters. The van der Waals surface area contributed by atoms with Gasteiger partial charge in [-0.15, -0.1) is 0 Å².